The van der Waals surface area contributed by atoms with Crippen LogP contribution in [0.15, 0.2) is 24.5 Å². The molecule has 1 saturated heterocycles. The Bertz CT molecular complexity index is 798. The maximum absolute atomic E-state index is 12.5. The number of carbonyl (C=O) groups is 1. The van der Waals surface area contributed by atoms with Gasteiger partial charge >= 0.3 is 0 Å². The van der Waals surface area contributed by atoms with Crippen LogP contribution in [0.25, 0.3) is 11.0 Å². The Labute approximate surface area is 168 Å². The molecule has 2 fully saturated rings. The van der Waals surface area contributed by atoms with E-state index in [1.54, 1.807) is 0 Å². The van der Waals surface area contributed by atoms with Crippen molar-refractivity contribution in [3.8, 4) is 0 Å². The minimum Gasteiger partial charge on any atom is -0.352 e. The van der Waals surface area contributed by atoms with E-state index >= 15 is 0 Å². The number of nitrogens with one attached hydrogen (secondary N) is 1. The molecule has 1 aliphatic carbocycles. The SMILES string of the molecule is C[C@@H]1C[C@H](C)CN(CCCNC(=O)c2ccc3c(c2)ncn3C2CCCC2)C1. The van der Waals surface area contributed by atoms with E-state index in [2.05, 4.69) is 39.7 Å². The largest absolute Gasteiger partial charge is 0.352 e. The van der Waals surface area contributed by atoms with Crippen molar-refractivity contribution in [3.63, 3.8) is 0 Å². The van der Waals surface area contributed by atoms with Gasteiger partial charge in [0.1, 0.15) is 0 Å². The zero-order valence-corrected chi connectivity index (χ0v) is 17.4. The molecule has 2 atom stereocenters. The molecule has 1 amide bonds. The van der Waals surface area contributed by atoms with Gasteiger partial charge in [-0.1, -0.05) is 26.7 Å². The van der Waals surface area contributed by atoms with Gasteiger partial charge in [0.2, 0.25) is 0 Å². The van der Waals surface area contributed by atoms with Crippen molar-refractivity contribution in [2.45, 2.75) is 58.4 Å². The molecule has 1 aromatic carbocycles. The van der Waals surface area contributed by atoms with Gasteiger partial charge in [-0.25, -0.2) is 4.98 Å². The predicted octanol–water partition coefficient (Wildman–Crippen LogP) is 4.25. The summed E-state index contributed by atoms with van der Waals surface area (Å²) >= 11 is 0. The number of aromatic nitrogens is 2. The number of nitrogens with zero attached hydrogens (tertiary/aromatic N) is 3. The van der Waals surface area contributed by atoms with E-state index in [4.69, 9.17) is 0 Å². The maximum atomic E-state index is 12.5. The third-order valence-corrected chi connectivity index (χ3v) is 6.44. The number of benzene rings is 1. The normalized spacial score (nSPS) is 24.1. The molecule has 2 heterocycles. The van der Waals surface area contributed by atoms with Crippen molar-refractivity contribution in [1.82, 2.24) is 19.8 Å². The standard InChI is InChI=1S/C23H34N4O/c1-17-12-18(2)15-26(14-17)11-5-10-24-23(28)19-8-9-22-21(13-19)25-16-27(22)20-6-3-4-7-20/h8-9,13,16-18,20H,3-7,10-12,14-15H2,1-2H3,(H,24,28)/t17-,18+. The van der Waals surface area contributed by atoms with Crippen LogP contribution < -0.4 is 5.32 Å². The Kier molecular flexibility index (Phi) is 6.00. The number of rotatable bonds is 6. The van der Waals surface area contributed by atoms with E-state index in [1.807, 2.05) is 18.5 Å². The second kappa shape index (κ2) is 8.64. The molecule has 28 heavy (non-hydrogen) atoms. The van der Waals surface area contributed by atoms with E-state index in [0.29, 0.717) is 11.6 Å². The van der Waals surface area contributed by atoms with Crippen LogP contribution in [0.2, 0.25) is 0 Å². The fourth-order valence-electron chi connectivity index (χ4n) is 5.23. The minimum absolute atomic E-state index is 0.0118. The monoisotopic (exact) mass is 382 g/mol. The first-order valence-corrected chi connectivity index (χ1v) is 11.1. The van der Waals surface area contributed by atoms with Crippen LogP contribution in [0, 0.1) is 11.8 Å². The van der Waals surface area contributed by atoms with Gasteiger partial charge < -0.3 is 14.8 Å². The smallest absolute Gasteiger partial charge is 0.251 e. The lowest BCUT2D eigenvalue weighted by atomic mass is 9.92. The van der Waals surface area contributed by atoms with Crippen molar-refractivity contribution in [3.05, 3.63) is 30.1 Å². The van der Waals surface area contributed by atoms with Crippen molar-refractivity contribution < 1.29 is 4.79 Å². The second-order valence-electron chi connectivity index (χ2n) is 9.11. The van der Waals surface area contributed by atoms with Gasteiger partial charge in [-0.2, -0.15) is 0 Å². The van der Waals surface area contributed by atoms with E-state index in [1.165, 1.54) is 45.2 Å². The number of hydrogen-bond acceptors (Lipinski definition) is 3. The summed E-state index contributed by atoms with van der Waals surface area (Å²) in [6, 6.07) is 6.51. The molecule has 152 valence electrons. The lowest BCUT2D eigenvalue weighted by molar-refractivity contribution is 0.0947. The summed E-state index contributed by atoms with van der Waals surface area (Å²) in [5, 5.41) is 3.09. The number of fused-ring (bicyclic) bond motifs is 1. The molecule has 5 heteroatoms. The molecule has 1 aliphatic heterocycles. The average molecular weight is 383 g/mol. The van der Waals surface area contributed by atoms with Gasteiger partial charge in [0, 0.05) is 31.2 Å². The van der Waals surface area contributed by atoms with Crippen LogP contribution in [0.4, 0.5) is 0 Å². The van der Waals surface area contributed by atoms with Crippen LogP contribution in [-0.2, 0) is 0 Å². The van der Waals surface area contributed by atoms with Gasteiger partial charge in [0.25, 0.3) is 5.91 Å². The van der Waals surface area contributed by atoms with Crippen molar-refractivity contribution >= 4 is 16.9 Å². The highest BCUT2D eigenvalue weighted by Gasteiger charge is 2.21. The summed E-state index contributed by atoms with van der Waals surface area (Å²) in [6.07, 6.45) is 9.38. The van der Waals surface area contributed by atoms with Crippen molar-refractivity contribution in [2.24, 2.45) is 11.8 Å². The van der Waals surface area contributed by atoms with Crippen molar-refractivity contribution in [2.75, 3.05) is 26.2 Å². The number of carbonyl (C=O) groups excluding carboxylic acids is 1. The lowest BCUT2D eigenvalue weighted by Gasteiger charge is -2.34. The highest BCUT2D eigenvalue weighted by atomic mass is 16.1. The quantitative estimate of drug-likeness (QED) is 0.760. The van der Waals surface area contributed by atoms with Gasteiger partial charge in [-0.15, -0.1) is 0 Å². The van der Waals surface area contributed by atoms with E-state index in [9.17, 15) is 4.79 Å². The predicted molar refractivity (Wildman–Crippen MR) is 114 cm³/mol. The molecular formula is C23H34N4O. The van der Waals surface area contributed by atoms with Crippen LogP contribution in [0.3, 0.4) is 0 Å². The molecule has 5 nitrogen and oxygen atoms in total. The number of amides is 1. The summed E-state index contributed by atoms with van der Waals surface area (Å²) in [5.41, 5.74) is 2.79. The first-order chi connectivity index (χ1) is 13.6. The Balaban J connectivity index is 1.29. The van der Waals surface area contributed by atoms with Crippen LogP contribution >= 0.6 is 0 Å². The number of imidazole rings is 1. The molecule has 1 saturated carbocycles. The highest BCUT2D eigenvalue weighted by molar-refractivity contribution is 5.97. The Morgan fingerprint density at radius 1 is 1.18 bits per heavy atom. The van der Waals surface area contributed by atoms with Gasteiger partial charge in [0.15, 0.2) is 0 Å². The molecule has 1 N–H and O–H groups in total. The van der Waals surface area contributed by atoms with Crippen LogP contribution in [0.1, 0.15) is 68.8 Å². The number of piperidine rings is 1. The molecule has 0 unspecified atom stereocenters. The number of hydrogen-bond donors (Lipinski definition) is 1. The third kappa shape index (κ3) is 4.40. The topological polar surface area (TPSA) is 50.2 Å². The van der Waals surface area contributed by atoms with Gasteiger partial charge in [-0.3, -0.25) is 4.79 Å². The molecule has 2 aliphatic rings. The Morgan fingerprint density at radius 2 is 1.93 bits per heavy atom. The molecular weight excluding hydrogens is 348 g/mol. The fraction of sp³-hybridized carbons (Fsp3) is 0.652. The Hall–Kier alpha value is -1.88. The highest BCUT2D eigenvalue weighted by Crippen LogP contribution is 2.32. The molecule has 4 rings (SSSR count). The summed E-state index contributed by atoms with van der Waals surface area (Å²) in [7, 11) is 0. The molecule has 0 spiro atoms. The lowest BCUT2D eigenvalue weighted by Crippen LogP contribution is -2.40. The first kappa shape index (κ1) is 19.4. The maximum Gasteiger partial charge on any atom is 0.251 e. The third-order valence-electron chi connectivity index (χ3n) is 6.44. The molecule has 2 aromatic rings. The average Bonchev–Trinajstić information content (AvgIpc) is 3.33. The summed E-state index contributed by atoms with van der Waals surface area (Å²) in [5.74, 6) is 1.58. The van der Waals surface area contributed by atoms with Gasteiger partial charge in [-0.05, 0) is 62.3 Å². The molecule has 0 bridgehead atoms. The zero-order valence-electron chi connectivity index (χ0n) is 17.4. The van der Waals surface area contributed by atoms with E-state index in [-0.39, 0.29) is 5.91 Å². The fourth-order valence-corrected chi connectivity index (χ4v) is 5.23. The summed E-state index contributed by atoms with van der Waals surface area (Å²) < 4.78 is 2.30. The minimum atomic E-state index is 0.0118. The van der Waals surface area contributed by atoms with E-state index in [0.717, 1.165) is 42.4 Å². The van der Waals surface area contributed by atoms with Gasteiger partial charge in [0.05, 0.1) is 17.4 Å². The van der Waals surface area contributed by atoms with Crippen LogP contribution in [0.5, 0.6) is 0 Å². The van der Waals surface area contributed by atoms with Crippen LogP contribution in [-0.4, -0.2) is 46.5 Å². The molecule has 1 aromatic heterocycles. The first-order valence-electron chi connectivity index (χ1n) is 11.1. The Morgan fingerprint density at radius 3 is 2.68 bits per heavy atom. The molecule has 0 radical (unpaired) electrons. The summed E-state index contributed by atoms with van der Waals surface area (Å²) in [6.45, 7) is 8.87. The van der Waals surface area contributed by atoms with Crippen molar-refractivity contribution in [1.29, 1.82) is 0 Å². The van der Waals surface area contributed by atoms with E-state index < -0.39 is 0 Å². The second-order valence-corrected chi connectivity index (χ2v) is 9.11. The zero-order chi connectivity index (χ0) is 19.5. The number of likely N-dealkylation sites (tertiary alicyclic amines) is 1. The summed E-state index contributed by atoms with van der Waals surface area (Å²) in [4.78, 5) is 19.6.